The fourth-order valence-corrected chi connectivity index (χ4v) is 0.730. The van der Waals surface area contributed by atoms with E-state index in [1.165, 1.54) is 18.2 Å². The molecule has 0 bridgehead atoms. The normalized spacial score (nSPS) is 8.67. The van der Waals surface area contributed by atoms with Crippen LogP contribution in [-0.2, 0) is 0 Å². The van der Waals surface area contributed by atoms with E-state index in [1.807, 2.05) is 0 Å². The molecule has 0 aliphatic rings. The minimum Gasteiger partial charge on any atom is -0.507 e. The number of hydrogen-bond acceptors (Lipinski definition) is 3. The topological polar surface area (TPSA) is 83.6 Å². The average Bonchev–Trinajstić information content (AvgIpc) is 1.85. The first kappa shape index (κ1) is 10.8. The second-order valence-corrected chi connectivity index (χ2v) is 2.08. The minimum atomic E-state index is -1.16. The van der Waals surface area contributed by atoms with Crippen LogP contribution in [0.3, 0.4) is 0 Å². The maximum atomic E-state index is 10.3. The number of aromatic hydroxyl groups is 1. The lowest BCUT2D eigenvalue weighted by Gasteiger charge is -1.98. The van der Waals surface area contributed by atoms with Crippen LogP contribution in [0.5, 0.6) is 5.75 Å². The van der Waals surface area contributed by atoms with E-state index in [0.29, 0.717) is 5.69 Å². The molecule has 5 heteroatoms. The van der Waals surface area contributed by atoms with Crippen molar-refractivity contribution in [2.45, 2.75) is 0 Å². The molecule has 0 amide bonds. The Bertz CT molecular complexity index is 301. The molecule has 0 heterocycles. The number of carboxylic acids is 1. The van der Waals surface area contributed by atoms with Gasteiger partial charge in [-0.25, -0.2) is 4.79 Å². The van der Waals surface area contributed by atoms with E-state index in [9.17, 15) is 4.79 Å². The first-order chi connectivity index (χ1) is 5.11. The number of benzene rings is 1. The van der Waals surface area contributed by atoms with Gasteiger partial charge in [0.15, 0.2) is 0 Å². The van der Waals surface area contributed by atoms with Gasteiger partial charge in [0.25, 0.3) is 0 Å². The van der Waals surface area contributed by atoms with Crippen molar-refractivity contribution in [3.05, 3.63) is 23.8 Å². The zero-order valence-corrected chi connectivity index (χ0v) is 7.73. The summed E-state index contributed by atoms with van der Waals surface area (Å²) in [7, 11) is 0. The van der Waals surface area contributed by atoms with E-state index in [4.69, 9.17) is 15.9 Å². The van der Waals surface area contributed by atoms with E-state index < -0.39 is 5.97 Å². The van der Waals surface area contributed by atoms with Crippen molar-refractivity contribution in [2.24, 2.45) is 0 Å². The van der Waals surface area contributed by atoms with Crippen molar-refractivity contribution in [2.75, 3.05) is 5.73 Å². The van der Waals surface area contributed by atoms with Crippen molar-refractivity contribution in [1.29, 1.82) is 0 Å². The Morgan fingerprint density at radius 3 is 2.42 bits per heavy atom. The summed E-state index contributed by atoms with van der Waals surface area (Å²) in [5.74, 6) is -1.47. The molecule has 0 aliphatic heterocycles. The predicted molar refractivity (Wildman–Crippen MR) is 49.8 cm³/mol. The monoisotopic (exact) mass is 233 g/mol. The van der Waals surface area contributed by atoms with Crippen LogP contribution in [-0.4, -0.2) is 16.2 Å². The summed E-state index contributed by atoms with van der Waals surface area (Å²) in [6, 6.07) is 3.87. The maximum Gasteiger partial charge on any atom is 0.339 e. The predicted octanol–water partition coefficient (Wildman–Crippen LogP) is 1.25. The standard InChI is InChI=1S/C7H7NO3.BrH/c8-4-1-2-5(7(10)11)6(9)3-4;/h1-3,9H,8H2,(H,10,11);1H. The van der Waals surface area contributed by atoms with Gasteiger partial charge in [-0.1, -0.05) is 0 Å². The first-order valence-electron chi connectivity index (χ1n) is 2.93. The van der Waals surface area contributed by atoms with Gasteiger partial charge >= 0.3 is 5.97 Å². The quantitative estimate of drug-likeness (QED) is 0.638. The highest BCUT2D eigenvalue weighted by molar-refractivity contribution is 8.93. The van der Waals surface area contributed by atoms with Gasteiger partial charge in [-0.3, -0.25) is 0 Å². The van der Waals surface area contributed by atoms with Crippen LogP contribution in [0.15, 0.2) is 18.2 Å². The average molecular weight is 234 g/mol. The third-order valence-corrected chi connectivity index (χ3v) is 1.25. The Hall–Kier alpha value is -1.23. The number of phenols is 1. The van der Waals surface area contributed by atoms with Crippen LogP contribution in [0.1, 0.15) is 10.4 Å². The molecule has 0 atom stereocenters. The zero-order chi connectivity index (χ0) is 8.43. The van der Waals surface area contributed by atoms with Crippen molar-refractivity contribution < 1.29 is 15.0 Å². The minimum absolute atomic E-state index is 0. The molecular weight excluding hydrogens is 226 g/mol. The molecule has 66 valence electrons. The van der Waals surface area contributed by atoms with Gasteiger partial charge in [0.2, 0.25) is 0 Å². The van der Waals surface area contributed by atoms with Crippen LogP contribution in [0.2, 0.25) is 0 Å². The lowest BCUT2D eigenvalue weighted by Crippen LogP contribution is -1.97. The van der Waals surface area contributed by atoms with Gasteiger partial charge in [0.1, 0.15) is 11.3 Å². The third kappa shape index (κ3) is 2.13. The number of anilines is 1. The summed E-state index contributed by atoms with van der Waals surface area (Å²) in [5.41, 5.74) is 5.48. The molecule has 0 radical (unpaired) electrons. The van der Waals surface area contributed by atoms with Crippen molar-refractivity contribution in [3.8, 4) is 5.75 Å². The number of nitrogens with two attached hydrogens (primary N) is 1. The smallest absolute Gasteiger partial charge is 0.339 e. The fourth-order valence-electron chi connectivity index (χ4n) is 0.730. The molecule has 4 nitrogen and oxygen atoms in total. The van der Waals surface area contributed by atoms with Crippen LogP contribution in [0.4, 0.5) is 5.69 Å². The third-order valence-electron chi connectivity index (χ3n) is 1.25. The molecule has 0 fully saturated rings. The summed E-state index contributed by atoms with van der Waals surface area (Å²) < 4.78 is 0. The van der Waals surface area contributed by atoms with Gasteiger partial charge in [-0.15, -0.1) is 17.0 Å². The highest BCUT2D eigenvalue weighted by Crippen LogP contribution is 2.19. The molecule has 4 N–H and O–H groups in total. The molecule has 1 rings (SSSR count). The Labute approximate surface area is 79.4 Å². The van der Waals surface area contributed by atoms with Gasteiger partial charge in [-0.2, -0.15) is 0 Å². The lowest BCUT2D eigenvalue weighted by molar-refractivity contribution is 0.0694. The van der Waals surface area contributed by atoms with Crippen LogP contribution >= 0.6 is 17.0 Å². The van der Waals surface area contributed by atoms with Crippen molar-refractivity contribution >= 4 is 28.6 Å². The molecule has 0 aromatic heterocycles. The lowest BCUT2D eigenvalue weighted by atomic mass is 10.2. The number of aromatic carboxylic acids is 1. The highest BCUT2D eigenvalue weighted by atomic mass is 79.9. The number of carboxylic acid groups (broad SMARTS) is 1. The number of halogens is 1. The molecule has 1 aromatic rings. The number of hydrogen-bond donors (Lipinski definition) is 3. The van der Waals surface area contributed by atoms with Crippen LogP contribution < -0.4 is 5.73 Å². The van der Waals surface area contributed by atoms with E-state index in [-0.39, 0.29) is 28.3 Å². The summed E-state index contributed by atoms with van der Waals surface area (Å²) in [6.45, 7) is 0. The summed E-state index contributed by atoms with van der Waals surface area (Å²) in [5, 5.41) is 17.5. The molecule has 0 aliphatic carbocycles. The molecule has 0 saturated carbocycles. The Morgan fingerprint density at radius 2 is 2.00 bits per heavy atom. The van der Waals surface area contributed by atoms with Crippen molar-refractivity contribution in [3.63, 3.8) is 0 Å². The van der Waals surface area contributed by atoms with Gasteiger partial charge in [0, 0.05) is 11.8 Å². The van der Waals surface area contributed by atoms with Crippen molar-refractivity contribution in [1.82, 2.24) is 0 Å². The first-order valence-corrected chi connectivity index (χ1v) is 2.93. The number of nitrogen functional groups attached to an aromatic ring is 1. The zero-order valence-electron chi connectivity index (χ0n) is 6.02. The second kappa shape index (κ2) is 3.96. The van der Waals surface area contributed by atoms with E-state index >= 15 is 0 Å². The molecule has 0 spiro atoms. The molecule has 0 saturated heterocycles. The largest absolute Gasteiger partial charge is 0.507 e. The SMILES string of the molecule is Br.Nc1ccc(C(=O)O)c(O)c1. The van der Waals surface area contributed by atoms with E-state index in [1.54, 1.807) is 0 Å². The van der Waals surface area contributed by atoms with E-state index in [2.05, 4.69) is 0 Å². The number of rotatable bonds is 1. The molecule has 0 unspecified atom stereocenters. The molecular formula is C7H8BrNO3. The van der Waals surface area contributed by atoms with Gasteiger partial charge < -0.3 is 15.9 Å². The Balaban J connectivity index is 0.00000121. The van der Waals surface area contributed by atoms with Gasteiger partial charge in [-0.05, 0) is 12.1 Å². The Morgan fingerprint density at radius 1 is 1.42 bits per heavy atom. The molecule has 12 heavy (non-hydrogen) atoms. The second-order valence-electron chi connectivity index (χ2n) is 2.08. The van der Waals surface area contributed by atoms with Crippen LogP contribution in [0.25, 0.3) is 0 Å². The Kier molecular flexibility index (Phi) is 3.56. The summed E-state index contributed by atoms with van der Waals surface area (Å²) in [6.07, 6.45) is 0. The van der Waals surface area contributed by atoms with Crippen LogP contribution in [0, 0.1) is 0 Å². The fraction of sp³-hybridized carbons (Fsp3) is 0. The highest BCUT2D eigenvalue weighted by Gasteiger charge is 2.07. The van der Waals surface area contributed by atoms with E-state index in [0.717, 1.165) is 0 Å². The summed E-state index contributed by atoms with van der Waals surface area (Å²) >= 11 is 0. The van der Waals surface area contributed by atoms with Gasteiger partial charge in [0.05, 0.1) is 0 Å². The number of carbonyl (C=O) groups is 1. The maximum absolute atomic E-state index is 10.3. The molecule has 1 aromatic carbocycles. The summed E-state index contributed by atoms with van der Waals surface area (Å²) in [4.78, 5) is 10.3.